The van der Waals surface area contributed by atoms with Crippen molar-refractivity contribution >= 4 is 87.0 Å². The Hall–Kier alpha value is -10.3. The molecule has 24 heteroatoms. The van der Waals surface area contributed by atoms with Gasteiger partial charge in [-0.2, -0.15) is 0 Å². The number of hydrogen-bond donors (Lipinski definition) is 2. The molecule has 18 nitrogen and oxygen atoms in total. The molecular weight excluding hydrogens is 1190 g/mol. The molecule has 450 valence electrons. The summed E-state index contributed by atoms with van der Waals surface area (Å²) in [6.07, 6.45) is 4.96. The van der Waals surface area contributed by atoms with Crippen LogP contribution < -0.4 is 24.8 Å². The average Bonchev–Trinajstić information content (AvgIpc) is 2.03. The van der Waals surface area contributed by atoms with Gasteiger partial charge in [-0.3, -0.25) is 27.6 Å². The van der Waals surface area contributed by atoms with Crippen molar-refractivity contribution in [1.29, 1.82) is 0 Å². The van der Waals surface area contributed by atoms with E-state index in [4.69, 9.17) is 18.8 Å². The molecule has 0 unspecified atom stereocenters. The Morgan fingerprint density at radius 2 is 1.06 bits per heavy atom. The van der Waals surface area contributed by atoms with E-state index < -0.39 is 49.1 Å². The van der Waals surface area contributed by atoms with Crippen molar-refractivity contribution in [1.82, 2.24) is 34.3 Å². The van der Waals surface area contributed by atoms with Crippen molar-refractivity contribution < 1.29 is 52.8 Å². The molecule has 12 aromatic rings. The van der Waals surface area contributed by atoms with Crippen molar-refractivity contribution in [2.75, 3.05) is 49.3 Å². The quantitative estimate of drug-likeness (QED) is 0.123. The predicted octanol–water partition coefficient (Wildman–Crippen LogP) is 11.2. The number of fused-ring (bicyclic) bond motifs is 12. The number of furan rings is 2. The van der Waals surface area contributed by atoms with Crippen LogP contribution in [0.4, 0.5) is 28.9 Å². The van der Waals surface area contributed by atoms with Crippen molar-refractivity contribution in [3.05, 3.63) is 196 Å². The Balaban J connectivity index is 0.000000164. The highest BCUT2D eigenvalue weighted by atomic mass is 32.2. The van der Waals surface area contributed by atoms with Crippen LogP contribution in [0.1, 0.15) is 31.8 Å². The largest absolute Gasteiger partial charge is 0.455 e. The number of hydrogen-bond acceptors (Lipinski definition) is 11. The number of nitrogens with zero attached hydrogens (tertiary/aromatic N) is 7. The first-order valence-corrected chi connectivity index (χ1v) is 31.5. The van der Waals surface area contributed by atoms with Gasteiger partial charge in [-0.05, 0) is 103 Å². The Morgan fingerprint density at radius 1 is 0.551 bits per heavy atom. The second-order valence-electron chi connectivity index (χ2n) is 21.6. The third-order valence-corrected chi connectivity index (χ3v) is 18.8. The van der Waals surface area contributed by atoms with E-state index in [-0.39, 0.29) is 67.9 Å². The molecule has 0 fully saturated rings. The number of pyridine rings is 3. The van der Waals surface area contributed by atoms with Gasteiger partial charge >= 0.3 is 0 Å². The molecule has 89 heavy (non-hydrogen) atoms. The van der Waals surface area contributed by atoms with E-state index in [0.29, 0.717) is 82.1 Å². The number of aryl methyl sites for hydroxylation is 4. The number of aromatic nitrogens is 5. The summed E-state index contributed by atoms with van der Waals surface area (Å²) < 4.78 is 129. The Labute approximate surface area is 505 Å². The molecule has 14 rings (SSSR count). The fourth-order valence-electron chi connectivity index (χ4n) is 11.8. The van der Waals surface area contributed by atoms with Gasteiger partial charge in [0.15, 0.2) is 5.76 Å². The summed E-state index contributed by atoms with van der Waals surface area (Å²) >= 11 is 0. The number of halogens is 4. The van der Waals surface area contributed by atoms with Crippen molar-refractivity contribution in [3.63, 3.8) is 0 Å². The lowest BCUT2D eigenvalue weighted by molar-refractivity contribution is 0.0956. The first kappa shape index (κ1) is 57.7. The van der Waals surface area contributed by atoms with E-state index in [1.165, 1.54) is 75.4 Å². The third-order valence-electron chi connectivity index (χ3n) is 16.4. The number of carbonyl (C=O) groups is 2. The molecular formula is C65H51F4N9O9S2. The molecule has 9 heterocycles. The molecule has 5 aromatic carbocycles. The Morgan fingerprint density at radius 3 is 1.55 bits per heavy atom. The lowest BCUT2D eigenvalue weighted by Gasteiger charge is -2.23. The standard InChI is InChI=1S/C33H25F3N4O4S.C32H26FN5O5S/c1-37-33(41)30-22-14-21(25-10-7-17-11-12-40-26-6-4-5-23(35)20(26)15-28(40)31(17)38-25)27(39(2)45(3,42)43)16-29(22)44-32(30)19-9-8-18(34)13-24(19)36;1-34-31(40)29-21-15-20(25(36(2)44(3,41)42)17-27(21)43-32(29)38-13-5-4-9-28(38)39)23-11-10-18-12-14-37-24-8-6-7-22(33)19(24)16-26(37)30(18)35-23/h4-10,13-16H,11-12H2,1-3H3,(H,37,41);4-11,13,15-17H,12,14H2,1-3H3,(H,34,40). The van der Waals surface area contributed by atoms with Crippen LogP contribution in [0.15, 0.2) is 153 Å². The van der Waals surface area contributed by atoms with Crippen LogP contribution in [0, 0.1) is 23.3 Å². The summed E-state index contributed by atoms with van der Waals surface area (Å²) in [7, 11) is -1.86. The number of carbonyl (C=O) groups excluding carboxylic acids is 2. The lowest BCUT2D eigenvalue weighted by Crippen LogP contribution is -2.25. The summed E-state index contributed by atoms with van der Waals surface area (Å²) in [5.41, 5.74) is 8.12. The van der Waals surface area contributed by atoms with Crippen LogP contribution in [-0.4, -0.2) is 93.0 Å². The second kappa shape index (κ2) is 21.5. The highest BCUT2D eigenvalue weighted by Gasteiger charge is 2.32. The molecule has 0 radical (unpaired) electrons. The molecule has 2 aliphatic heterocycles. The van der Waals surface area contributed by atoms with Crippen LogP contribution in [-0.2, 0) is 46.0 Å². The van der Waals surface area contributed by atoms with Crippen molar-refractivity contribution in [2.45, 2.75) is 25.9 Å². The van der Waals surface area contributed by atoms with Crippen molar-refractivity contribution in [3.8, 4) is 62.5 Å². The van der Waals surface area contributed by atoms with E-state index in [1.807, 2.05) is 33.4 Å². The van der Waals surface area contributed by atoms with E-state index in [0.717, 1.165) is 60.7 Å². The minimum atomic E-state index is -3.79. The van der Waals surface area contributed by atoms with Gasteiger partial charge in [-0.15, -0.1) is 0 Å². The molecule has 0 atom stereocenters. The summed E-state index contributed by atoms with van der Waals surface area (Å²) in [6, 6.07) is 34.5. The topological polar surface area (TPSA) is 217 Å². The Bertz CT molecular complexity index is 5320. The SMILES string of the molecule is CNC(=O)c1c(-c2ccc(F)cc2F)oc2cc(N(C)S(C)(=O)=O)c(-c3ccc4c(n3)-c3cc5c(F)cccc5n3CC4)cc12.CNC(=O)c1c(-n2ccccc2=O)oc2cc(N(C)S(C)(=O)=O)c(-c3ccc4c(n3)-c3cc5c(F)cccc5n3CC4)cc12. The van der Waals surface area contributed by atoms with E-state index in [2.05, 4.69) is 10.6 Å². The van der Waals surface area contributed by atoms with E-state index >= 15 is 0 Å². The number of rotatable bonds is 10. The molecule has 7 aromatic heterocycles. The zero-order valence-electron chi connectivity index (χ0n) is 48.2. The predicted molar refractivity (Wildman–Crippen MR) is 332 cm³/mol. The number of benzene rings is 5. The first-order valence-electron chi connectivity index (χ1n) is 27.8. The first-order chi connectivity index (χ1) is 42.5. The fourth-order valence-corrected chi connectivity index (χ4v) is 12.8. The zero-order valence-corrected chi connectivity index (χ0v) is 49.9. The van der Waals surface area contributed by atoms with Gasteiger partial charge in [-0.1, -0.05) is 30.3 Å². The summed E-state index contributed by atoms with van der Waals surface area (Å²) in [4.78, 5) is 49.1. The van der Waals surface area contributed by atoms with Crippen LogP contribution in [0.2, 0.25) is 0 Å². The number of nitrogens with one attached hydrogen (secondary N) is 2. The van der Waals surface area contributed by atoms with Crippen LogP contribution in [0.3, 0.4) is 0 Å². The molecule has 2 amide bonds. The average molecular weight is 1240 g/mol. The molecule has 2 aliphatic rings. The fraction of sp³-hybridized carbons (Fsp3) is 0.154. The minimum absolute atomic E-state index is 0.00000264. The maximum atomic E-state index is 14.9. The van der Waals surface area contributed by atoms with Crippen LogP contribution in [0.5, 0.6) is 0 Å². The van der Waals surface area contributed by atoms with E-state index in [9.17, 15) is 48.8 Å². The van der Waals surface area contributed by atoms with Gasteiger partial charge in [0.2, 0.25) is 25.9 Å². The molecule has 0 saturated carbocycles. The number of anilines is 2. The summed E-state index contributed by atoms with van der Waals surface area (Å²) in [5, 5.41) is 6.76. The molecule has 0 aliphatic carbocycles. The number of sulfonamides is 2. The molecule has 2 N–H and O–H groups in total. The van der Waals surface area contributed by atoms with Gasteiger partial charge in [-0.25, -0.2) is 44.4 Å². The zero-order chi connectivity index (χ0) is 62.7. The van der Waals surface area contributed by atoms with E-state index in [1.54, 1.807) is 60.7 Å². The van der Waals surface area contributed by atoms with Crippen LogP contribution >= 0.6 is 0 Å². The summed E-state index contributed by atoms with van der Waals surface area (Å²) in [6.45, 7) is 1.30. The summed E-state index contributed by atoms with van der Waals surface area (Å²) in [5.74, 6) is -3.62. The minimum Gasteiger partial charge on any atom is -0.455 e. The highest BCUT2D eigenvalue weighted by molar-refractivity contribution is 7.92. The molecule has 0 bridgehead atoms. The van der Waals surface area contributed by atoms with Gasteiger partial charge in [0, 0.05) is 104 Å². The van der Waals surface area contributed by atoms with Crippen LogP contribution in [0.25, 0.3) is 106 Å². The van der Waals surface area contributed by atoms with Gasteiger partial charge in [0.1, 0.15) is 40.0 Å². The van der Waals surface area contributed by atoms with Gasteiger partial charge in [0.25, 0.3) is 17.4 Å². The Kier molecular flexibility index (Phi) is 14.0. The molecule has 0 spiro atoms. The van der Waals surface area contributed by atoms with Crippen molar-refractivity contribution in [2.24, 2.45) is 0 Å². The van der Waals surface area contributed by atoms with Gasteiger partial charge < -0.3 is 28.6 Å². The number of amides is 2. The maximum Gasteiger partial charge on any atom is 0.257 e. The normalized spacial score (nSPS) is 12.7. The monoisotopic (exact) mass is 1240 g/mol. The van der Waals surface area contributed by atoms with Gasteiger partial charge in [0.05, 0.1) is 80.2 Å². The smallest absolute Gasteiger partial charge is 0.257 e. The third kappa shape index (κ3) is 9.74. The maximum absolute atomic E-state index is 14.9. The lowest BCUT2D eigenvalue weighted by atomic mass is 9.98. The second-order valence-corrected chi connectivity index (χ2v) is 25.6. The molecule has 0 saturated heterocycles. The highest BCUT2D eigenvalue weighted by Crippen LogP contribution is 2.45.